The zero-order valence-electron chi connectivity index (χ0n) is 22.9. The smallest absolute Gasteiger partial charge is 0.311 e. The molecule has 4 heterocycles. The summed E-state index contributed by atoms with van der Waals surface area (Å²) in [7, 11) is 0. The number of aromatic nitrogens is 4. The molecule has 0 bridgehead atoms. The minimum absolute atomic E-state index is 0.0308. The first-order valence-corrected chi connectivity index (χ1v) is 13.4. The second-order valence-corrected chi connectivity index (χ2v) is 10.8. The van der Waals surface area contributed by atoms with Crippen LogP contribution in [0.3, 0.4) is 0 Å². The number of hydrogen-bond donors (Lipinski definition) is 1. The molecule has 2 N–H and O–H groups in total. The molecule has 0 unspecified atom stereocenters. The van der Waals surface area contributed by atoms with E-state index in [4.69, 9.17) is 20.2 Å². The van der Waals surface area contributed by atoms with Crippen LogP contribution in [0.4, 0.5) is 4.39 Å². The molecule has 0 radical (unpaired) electrons. The highest BCUT2D eigenvalue weighted by Crippen LogP contribution is 2.29. The minimum Gasteiger partial charge on any atom is -0.487 e. The highest BCUT2D eigenvalue weighted by Gasteiger charge is 2.27. The molecule has 39 heavy (non-hydrogen) atoms. The lowest BCUT2D eigenvalue weighted by atomic mass is 9.91. The molecule has 1 saturated heterocycles. The van der Waals surface area contributed by atoms with Crippen LogP contribution in [0.5, 0.6) is 5.75 Å². The van der Waals surface area contributed by atoms with Gasteiger partial charge in [-0.3, -0.25) is 14.1 Å². The predicted octanol–water partition coefficient (Wildman–Crippen LogP) is 4.54. The van der Waals surface area contributed by atoms with Gasteiger partial charge in [-0.05, 0) is 57.4 Å². The Bertz CT molecular complexity index is 1500. The third-order valence-corrected chi connectivity index (χ3v) is 7.69. The number of carbonyl (C=O) groups is 1. The molecule has 3 aromatic heterocycles. The molecule has 5 rings (SSSR count). The van der Waals surface area contributed by atoms with Gasteiger partial charge in [-0.25, -0.2) is 9.37 Å². The molecule has 0 amide bonds. The minimum atomic E-state index is -0.569. The van der Waals surface area contributed by atoms with Crippen LogP contribution in [-0.2, 0) is 9.53 Å². The average Bonchev–Trinajstić information content (AvgIpc) is 3.56. The molecule has 206 valence electrons. The second kappa shape index (κ2) is 10.9. The number of hydrogen-bond acceptors (Lipinski definition) is 8. The largest absolute Gasteiger partial charge is 0.487 e. The molecule has 4 aromatic rings. The summed E-state index contributed by atoms with van der Waals surface area (Å²) >= 11 is 0. The summed E-state index contributed by atoms with van der Waals surface area (Å²) in [6, 6.07) is 11.0. The average molecular weight is 535 g/mol. The van der Waals surface area contributed by atoms with E-state index >= 15 is 0 Å². The zero-order chi connectivity index (χ0) is 27.7. The molecule has 1 aliphatic heterocycles. The Hall–Kier alpha value is -3.63. The van der Waals surface area contributed by atoms with E-state index in [2.05, 4.69) is 28.1 Å². The summed E-state index contributed by atoms with van der Waals surface area (Å²) in [6.07, 6.45) is 3.71. The number of benzene rings is 1. The van der Waals surface area contributed by atoms with Gasteiger partial charge in [0.1, 0.15) is 18.9 Å². The van der Waals surface area contributed by atoms with E-state index in [1.165, 1.54) is 6.07 Å². The summed E-state index contributed by atoms with van der Waals surface area (Å²) in [5, 5.41) is 9.34. The van der Waals surface area contributed by atoms with Gasteiger partial charge in [-0.1, -0.05) is 19.1 Å². The van der Waals surface area contributed by atoms with E-state index < -0.39 is 11.2 Å². The molecule has 0 spiro atoms. The number of pyridine rings is 2. The van der Waals surface area contributed by atoms with E-state index in [-0.39, 0.29) is 37.0 Å². The first-order chi connectivity index (χ1) is 18.7. The van der Waals surface area contributed by atoms with E-state index in [1.54, 1.807) is 12.1 Å². The van der Waals surface area contributed by atoms with Crippen molar-refractivity contribution in [3.8, 4) is 17.3 Å². The van der Waals surface area contributed by atoms with E-state index in [9.17, 15) is 9.18 Å². The van der Waals surface area contributed by atoms with Crippen molar-refractivity contribution < 1.29 is 18.7 Å². The highest BCUT2D eigenvalue weighted by atomic mass is 19.1. The summed E-state index contributed by atoms with van der Waals surface area (Å²) in [4.78, 5) is 19.3. The lowest BCUT2D eigenvalue weighted by molar-refractivity contribution is -0.154. The Morgan fingerprint density at radius 1 is 1.21 bits per heavy atom. The Balaban J connectivity index is 1.36. The topological polar surface area (TPSA) is 108 Å². The van der Waals surface area contributed by atoms with Gasteiger partial charge in [0.25, 0.3) is 0 Å². The number of nitrogens with zero attached hydrogens (tertiary/aromatic N) is 5. The first kappa shape index (κ1) is 27.0. The molecule has 1 aromatic carbocycles. The number of carbonyl (C=O) groups excluding carboxylic acids is 1. The SMILES string of the molecule is CCC(C)(C)C(=O)OCCOc1cc2nc(-c3nnc4ccc([C@H](C)N5CC[C@H](N)C5)cn34)ccc2cc1F. The summed E-state index contributed by atoms with van der Waals surface area (Å²) in [5.74, 6) is -0.174. The molecular formula is C29H35FN6O3. The number of halogens is 1. The molecular weight excluding hydrogens is 499 g/mol. The van der Waals surface area contributed by atoms with Crippen LogP contribution >= 0.6 is 0 Å². The maximum atomic E-state index is 14.7. The van der Waals surface area contributed by atoms with Crippen LogP contribution in [0.25, 0.3) is 28.1 Å². The Labute approximate surface area is 227 Å². The Kier molecular flexibility index (Phi) is 7.51. The van der Waals surface area contributed by atoms with Crippen molar-refractivity contribution in [3.05, 3.63) is 54.0 Å². The highest BCUT2D eigenvalue weighted by molar-refractivity contribution is 5.82. The molecule has 0 aliphatic carbocycles. The first-order valence-electron chi connectivity index (χ1n) is 13.4. The maximum Gasteiger partial charge on any atom is 0.311 e. The van der Waals surface area contributed by atoms with Crippen molar-refractivity contribution in [2.24, 2.45) is 11.1 Å². The van der Waals surface area contributed by atoms with Crippen molar-refractivity contribution in [2.45, 2.75) is 52.6 Å². The fourth-order valence-corrected chi connectivity index (χ4v) is 4.69. The monoisotopic (exact) mass is 534 g/mol. The lowest BCUT2D eigenvalue weighted by Gasteiger charge is -2.24. The fraction of sp³-hybridized carbons (Fsp3) is 0.448. The van der Waals surface area contributed by atoms with Crippen LogP contribution in [0, 0.1) is 11.2 Å². The quantitative estimate of drug-likeness (QED) is 0.246. The molecule has 9 nitrogen and oxygen atoms in total. The van der Waals surface area contributed by atoms with E-state index in [0.29, 0.717) is 34.5 Å². The van der Waals surface area contributed by atoms with Gasteiger partial charge in [0.2, 0.25) is 0 Å². The van der Waals surface area contributed by atoms with Crippen molar-refractivity contribution in [2.75, 3.05) is 26.3 Å². The van der Waals surface area contributed by atoms with Crippen LogP contribution in [0.2, 0.25) is 0 Å². The summed E-state index contributed by atoms with van der Waals surface area (Å²) in [6.45, 7) is 9.67. The lowest BCUT2D eigenvalue weighted by Crippen LogP contribution is -2.28. The van der Waals surface area contributed by atoms with Gasteiger partial charge in [-0.15, -0.1) is 10.2 Å². The van der Waals surface area contributed by atoms with Gasteiger partial charge in [0.05, 0.1) is 10.9 Å². The number of fused-ring (bicyclic) bond motifs is 2. The van der Waals surface area contributed by atoms with Crippen molar-refractivity contribution in [1.82, 2.24) is 24.5 Å². The van der Waals surface area contributed by atoms with Gasteiger partial charge in [0.15, 0.2) is 23.0 Å². The second-order valence-electron chi connectivity index (χ2n) is 10.8. The normalized spacial score (nSPS) is 17.1. The molecule has 2 atom stereocenters. The zero-order valence-corrected chi connectivity index (χ0v) is 22.9. The van der Waals surface area contributed by atoms with E-state index in [0.717, 1.165) is 25.1 Å². The number of ether oxygens (including phenoxy) is 2. The van der Waals surface area contributed by atoms with Gasteiger partial charge >= 0.3 is 5.97 Å². The molecule has 1 fully saturated rings. The van der Waals surface area contributed by atoms with Crippen molar-refractivity contribution in [1.29, 1.82) is 0 Å². The van der Waals surface area contributed by atoms with Crippen molar-refractivity contribution >= 4 is 22.5 Å². The number of likely N-dealkylation sites (tertiary alicyclic amines) is 1. The molecule has 1 aliphatic rings. The maximum absolute atomic E-state index is 14.7. The van der Waals surface area contributed by atoms with Crippen LogP contribution < -0.4 is 10.5 Å². The van der Waals surface area contributed by atoms with Crippen LogP contribution in [0.15, 0.2) is 42.6 Å². The summed E-state index contributed by atoms with van der Waals surface area (Å²) in [5.41, 5.74) is 8.57. The van der Waals surface area contributed by atoms with Gasteiger partial charge in [0, 0.05) is 42.8 Å². The molecule has 0 saturated carbocycles. The van der Waals surface area contributed by atoms with Gasteiger partial charge in [-0.2, -0.15) is 0 Å². The Morgan fingerprint density at radius 2 is 2.03 bits per heavy atom. The molecule has 10 heteroatoms. The fourth-order valence-electron chi connectivity index (χ4n) is 4.69. The van der Waals surface area contributed by atoms with Gasteiger partial charge < -0.3 is 15.2 Å². The van der Waals surface area contributed by atoms with E-state index in [1.807, 2.05) is 43.5 Å². The van der Waals surface area contributed by atoms with Crippen molar-refractivity contribution in [3.63, 3.8) is 0 Å². The van der Waals surface area contributed by atoms with Crippen LogP contribution in [-0.4, -0.2) is 62.8 Å². The standard InChI is InChI=1S/C29H35FN6O3/c1-5-29(3,4)28(37)39-13-12-38-25-15-24-19(14-22(25)30)6-8-23(32-24)27-34-33-26-9-7-20(16-36(26)27)18(2)35-11-10-21(31)17-35/h6-9,14-16,18,21H,5,10-13,17,31H2,1-4H3/t18-,21-/m0/s1. The third-order valence-electron chi connectivity index (χ3n) is 7.69. The predicted molar refractivity (Wildman–Crippen MR) is 147 cm³/mol. The summed E-state index contributed by atoms with van der Waals surface area (Å²) < 4.78 is 27.5. The Morgan fingerprint density at radius 3 is 2.77 bits per heavy atom. The third kappa shape index (κ3) is 5.58. The number of nitrogens with two attached hydrogens (primary N) is 1. The number of rotatable bonds is 9. The van der Waals surface area contributed by atoms with Crippen LogP contribution in [0.1, 0.15) is 52.1 Å². The number of esters is 1.